The fourth-order valence-electron chi connectivity index (χ4n) is 2.98. The van der Waals surface area contributed by atoms with Crippen LogP contribution >= 0.6 is 11.6 Å². The van der Waals surface area contributed by atoms with Crippen LogP contribution in [0.4, 0.5) is 0 Å². The lowest BCUT2D eigenvalue weighted by Crippen LogP contribution is -2.20. The molecule has 0 aromatic heterocycles. The van der Waals surface area contributed by atoms with Crippen molar-refractivity contribution in [3.8, 4) is 23.0 Å². The third-order valence-electron chi connectivity index (χ3n) is 4.34. The van der Waals surface area contributed by atoms with Crippen molar-refractivity contribution in [2.45, 2.75) is 19.5 Å². The zero-order valence-electron chi connectivity index (χ0n) is 14.0. The minimum atomic E-state index is 0.155. The maximum atomic E-state index is 6.30. The Balaban J connectivity index is 1.45. The van der Waals surface area contributed by atoms with Crippen LogP contribution in [0.5, 0.6) is 23.0 Å². The summed E-state index contributed by atoms with van der Waals surface area (Å²) in [6.45, 7) is 5.06. The SMILES string of the molecule is CC(NCc1cc(Cl)c2c(c1)OCCO2)c1ccc2c(c1)OCCO2. The van der Waals surface area contributed by atoms with E-state index in [4.69, 9.17) is 30.5 Å². The summed E-state index contributed by atoms with van der Waals surface area (Å²) in [5.74, 6) is 2.96. The van der Waals surface area contributed by atoms with Crippen LogP contribution in [0.25, 0.3) is 0 Å². The van der Waals surface area contributed by atoms with E-state index < -0.39 is 0 Å². The van der Waals surface area contributed by atoms with Crippen molar-refractivity contribution in [1.82, 2.24) is 5.32 Å². The third-order valence-corrected chi connectivity index (χ3v) is 4.62. The van der Waals surface area contributed by atoms with Gasteiger partial charge in [-0.25, -0.2) is 0 Å². The first kappa shape index (κ1) is 16.4. The zero-order chi connectivity index (χ0) is 17.2. The number of halogens is 1. The Bertz CT molecular complexity index is 780. The first-order valence-electron chi connectivity index (χ1n) is 8.41. The molecular weight excluding hydrogens is 342 g/mol. The molecule has 25 heavy (non-hydrogen) atoms. The van der Waals surface area contributed by atoms with Crippen LogP contribution < -0.4 is 24.3 Å². The minimum absolute atomic E-state index is 0.155. The van der Waals surface area contributed by atoms with E-state index in [1.165, 1.54) is 0 Å². The smallest absolute Gasteiger partial charge is 0.179 e. The first-order chi connectivity index (χ1) is 12.2. The van der Waals surface area contributed by atoms with E-state index in [2.05, 4.69) is 18.3 Å². The molecule has 0 amide bonds. The maximum Gasteiger partial charge on any atom is 0.179 e. The molecule has 0 saturated heterocycles. The number of nitrogens with one attached hydrogen (secondary N) is 1. The molecule has 132 valence electrons. The lowest BCUT2D eigenvalue weighted by atomic mass is 10.1. The Hall–Kier alpha value is -2.11. The zero-order valence-corrected chi connectivity index (χ0v) is 14.8. The summed E-state index contributed by atoms with van der Waals surface area (Å²) in [5.41, 5.74) is 2.20. The van der Waals surface area contributed by atoms with Crippen molar-refractivity contribution >= 4 is 11.6 Å². The van der Waals surface area contributed by atoms with Crippen molar-refractivity contribution in [3.05, 3.63) is 46.5 Å². The van der Waals surface area contributed by atoms with Crippen LogP contribution in [-0.4, -0.2) is 26.4 Å². The lowest BCUT2D eigenvalue weighted by Gasteiger charge is -2.22. The quantitative estimate of drug-likeness (QED) is 0.899. The maximum absolute atomic E-state index is 6.30. The van der Waals surface area contributed by atoms with Gasteiger partial charge in [-0.3, -0.25) is 0 Å². The summed E-state index contributed by atoms with van der Waals surface area (Å²) in [4.78, 5) is 0. The highest BCUT2D eigenvalue weighted by molar-refractivity contribution is 6.32. The number of hydrogen-bond donors (Lipinski definition) is 1. The number of ether oxygens (including phenoxy) is 4. The summed E-state index contributed by atoms with van der Waals surface area (Å²) in [6.07, 6.45) is 0. The molecule has 0 spiro atoms. The molecule has 4 rings (SSSR count). The average Bonchev–Trinajstić information content (AvgIpc) is 2.66. The molecule has 2 aliphatic heterocycles. The monoisotopic (exact) mass is 361 g/mol. The minimum Gasteiger partial charge on any atom is -0.486 e. The van der Waals surface area contributed by atoms with Crippen molar-refractivity contribution in [2.24, 2.45) is 0 Å². The number of rotatable bonds is 4. The summed E-state index contributed by atoms with van der Waals surface area (Å²) < 4.78 is 22.4. The second-order valence-corrected chi connectivity index (χ2v) is 6.51. The fraction of sp³-hybridized carbons (Fsp3) is 0.368. The molecule has 1 atom stereocenters. The Morgan fingerprint density at radius 2 is 1.64 bits per heavy atom. The number of fused-ring (bicyclic) bond motifs is 2. The van der Waals surface area contributed by atoms with Crippen LogP contribution in [0, 0.1) is 0 Å². The van der Waals surface area contributed by atoms with Crippen LogP contribution in [0.15, 0.2) is 30.3 Å². The van der Waals surface area contributed by atoms with Gasteiger partial charge in [0.15, 0.2) is 23.0 Å². The van der Waals surface area contributed by atoms with Crippen LogP contribution in [-0.2, 0) is 6.54 Å². The van der Waals surface area contributed by atoms with Crippen molar-refractivity contribution in [3.63, 3.8) is 0 Å². The number of benzene rings is 2. The van der Waals surface area contributed by atoms with Gasteiger partial charge in [-0.15, -0.1) is 0 Å². The van der Waals surface area contributed by atoms with E-state index in [1.807, 2.05) is 24.3 Å². The fourth-order valence-corrected chi connectivity index (χ4v) is 3.27. The molecule has 0 bridgehead atoms. The van der Waals surface area contributed by atoms with Gasteiger partial charge in [0, 0.05) is 12.6 Å². The van der Waals surface area contributed by atoms with Gasteiger partial charge in [-0.2, -0.15) is 0 Å². The van der Waals surface area contributed by atoms with Gasteiger partial charge in [0.1, 0.15) is 26.4 Å². The van der Waals surface area contributed by atoms with Gasteiger partial charge in [0.2, 0.25) is 0 Å². The van der Waals surface area contributed by atoms with E-state index in [1.54, 1.807) is 0 Å². The summed E-state index contributed by atoms with van der Waals surface area (Å²) in [7, 11) is 0. The lowest BCUT2D eigenvalue weighted by molar-refractivity contribution is 0.171. The predicted octanol–water partition coefficient (Wildman–Crippen LogP) is 3.73. The largest absolute Gasteiger partial charge is 0.486 e. The molecule has 2 aromatic carbocycles. The molecule has 0 saturated carbocycles. The van der Waals surface area contributed by atoms with Crippen LogP contribution in [0.2, 0.25) is 5.02 Å². The van der Waals surface area contributed by atoms with Gasteiger partial charge >= 0.3 is 0 Å². The van der Waals surface area contributed by atoms with Crippen LogP contribution in [0.1, 0.15) is 24.1 Å². The molecule has 2 aromatic rings. The van der Waals surface area contributed by atoms with Gasteiger partial charge in [0.25, 0.3) is 0 Å². The molecule has 6 heteroatoms. The van der Waals surface area contributed by atoms with Crippen molar-refractivity contribution < 1.29 is 18.9 Å². The molecular formula is C19H20ClNO4. The molecule has 1 unspecified atom stereocenters. The van der Waals surface area contributed by atoms with Crippen molar-refractivity contribution in [2.75, 3.05) is 26.4 Å². The normalized spacial score (nSPS) is 16.4. The van der Waals surface area contributed by atoms with Gasteiger partial charge < -0.3 is 24.3 Å². The first-order valence-corrected chi connectivity index (χ1v) is 8.79. The highest BCUT2D eigenvalue weighted by atomic mass is 35.5. The molecule has 2 aliphatic rings. The van der Waals surface area contributed by atoms with Gasteiger partial charge in [-0.1, -0.05) is 17.7 Å². The average molecular weight is 362 g/mol. The summed E-state index contributed by atoms with van der Waals surface area (Å²) >= 11 is 6.30. The molecule has 0 fully saturated rings. The van der Waals surface area contributed by atoms with Crippen LogP contribution in [0.3, 0.4) is 0 Å². The standard InChI is InChI=1S/C19H20ClNO4/c1-12(14-2-3-16-17(10-14)23-5-4-22-16)21-11-13-8-15(20)19-18(9-13)24-6-7-25-19/h2-3,8-10,12,21H,4-7,11H2,1H3. The second kappa shape index (κ2) is 7.02. The molecule has 1 N–H and O–H groups in total. The molecule has 0 aliphatic carbocycles. The molecule has 0 radical (unpaired) electrons. The predicted molar refractivity (Wildman–Crippen MR) is 95.1 cm³/mol. The molecule has 5 nitrogen and oxygen atoms in total. The Morgan fingerprint density at radius 3 is 2.48 bits per heavy atom. The van der Waals surface area contributed by atoms with E-state index in [9.17, 15) is 0 Å². The number of hydrogen-bond acceptors (Lipinski definition) is 5. The van der Waals surface area contributed by atoms with E-state index in [0.29, 0.717) is 49.5 Å². The summed E-state index contributed by atoms with van der Waals surface area (Å²) in [6, 6.07) is 10.1. The van der Waals surface area contributed by atoms with E-state index in [0.717, 1.165) is 22.6 Å². The highest BCUT2D eigenvalue weighted by Gasteiger charge is 2.18. The Kier molecular flexibility index (Phi) is 4.59. The van der Waals surface area contributed by atoms with E-state index in [-0.39, 0.29) is 6.04 Å². The molecule has 2 heterocycles. The van der Waals surface area contributed by atoms with Crippen molar-refractivity contribution in [1.29, 1.82) is 0 Å². The summed E-state index contributed by atoms with van der Waals surface area (Å²) in [5, 5.41) is 4.09. The van der Waals surface area contributed by atoms with Gasteiger partial charge in [-0.05, 0) is 42.3 Å². The second-order valence-electron chi connectivity index (χ2n) is 6.11. The third kappa shape index (κ3) is 3.48. The van der Waals surface area contributed by atoms with Gasteiger partial charge in [0.05, 0.1) is 5.02 Å². The van der Waals surface area contributed by atoms with E-state index >= 15 is 0 Å². The Labute approximate surface area is 151 Å². The topological polar surface area (TPSA) is 49.0 Å². The Morgan fingerprint density at radius 1 is 0.920 bits per heavy atom. The highest BCUT2D eigenvalue weighted by Crippen LogP contribution is 2.38.